The number of thiophene rings is 1. The Morgan fingerprint density at radius 1 is 1.67 bits per heavy atom. The molecular weight excluding hydrogens is 208 g/mol. The highest BCUT2D eigenvalue weighted by Gasteiger charge is 2.16. The Bertz CT molecular complexity index is 332. The van der Waals surface area contributed by atoms with E-state index in [1.165, 1.54) is 11.5 Å². The SMILES string of the molecule is O=C=Nc1scc(C(F)F)c1Cl. The molecule has 0 fully saturated rings. The lowest BCUT2D eigenvalue weighted by Gasteiger charge is -1.93. The van der Waals surface area contributed by atoms with Crippen LogP contribution in [0.2, 0.25) is 5.02 Å². The van der Waals surface area contributed by atoms with Crippen molar-refractivity contribution in [2.75, 3.05) is 0 Å². The third kappa shape index (κ3) is 1.69. The van der Waals surface area contributed by atoms with Crippen LogP contribution >= 0.6 is 22.9 Å². The first kappa shape index (κ1) is 9.32. The number of carbonyl (C=O) groups excluding carboxylic acids is 1. The lowest BCUT2D eigenvalue weighted by atomic mass is 10.3. The molecule has 0 saturated heterocycles. The summed E-state index contributed by atoms with van der Waals surface area (Å²) in [5.74, 6) is 0. The monoisotopic (exact) mass is 209 g/mol. The minimum absolute atomic E-state index is 0.0713. The smallest absolute Gasteiger partial charge is 0.211 e. The number of halogens is 3. The van der Waals surface area contributed by atoms with Gasteiger partial charge in [0.25, 0.3) is 6.43 Å². The molecule has 0 aliphatic heterocycles. The van der Waals surface area contributed by atoms with E-state index in [1.807, 2.05) is 0 Å². The molecule has 2 nitrogen and oxygen atoms in total. The highest BCUT2D eigenvalue weighted by molar-refractivity contribution is 7.14. The third-order valence-corrected chi connectivity index (χ3v) is 2.52. The Morgan fingerprint density at radius 2 is 2.33 bits per heavy atom. The predicted molar refractivity (Wildman–Crippen MR) is 42.1 cm³/mol. The molecule has 0 N–H and O–H groups in total. The maximum absolute atomic E-state index is 12.1. The van der Waals surface area contributed by atoms with Gasteiger partial charge in [0.05, 0.1) is 5.02 Å². The first-order valence-electron chi connectivity index (χ1n) is 2.79. The van der Waals surface area contributed by atoms with Crippen LogP contribution in [0.5, 0.6) is 0 Å². The van der Waals surface area contributed by atoms with Crippen LogP contribution in [0.3, 0.4) is 0 Å². The van der Waals surface area contributed by atoms with Gasteiger partial charge < -0.3 is 0 Å². The summed E-state index contributed by atoms with van der Waals surface area (Å²) < 4.78 is 24.1. The molecule has 0 bridgehead atoms. The molecule has 64 valence electrons. The van der Waals surface area contributed by atoms with Gasteiger partial charge in [0.1, 0.15) is 5.00 Å². The maximum Gasteiger partial charge on any atom is 0.266 e. The topological polar surface area (TPSA) is 29.4 Å². The van der Waals surface area contributed by atoms with Gasteiger partial charge in [-0.3, -0.25) is 0 Å². The van der Waals surface area contributed by atoms with Gasteiger partial charge in [0.2, 0.25) is 6.08 Å². The van der Waals surface area contributed by atoms with E-state index in [9.17, 15) is 13.6 Å². The van der Waals surface area contributed by atoms with Crippen molar-refractivity contribution in [3.05, 3.63) is 16.0 Å². The van der Waals surface area contributed by atoms with E-state index in [-0.39, 0.29) is 15.6 Å². The summed E-state index contributed by atoms with van der Waals surface area (Å²) >= 11 is 6.34. The van der Waals surface area contributed by atoms with Gasteiger partial charge in [-0.05, 0) is 0 Å². The Labute approximate surface area is 75.5 Å². The van der Waals surface area contributed by atoms with E-state index < -0.39 is 6.43 Å². The van der Waals surface area contributed by atoms with Crippen molar-refractivity contribution in [3.63, 3.8) is 0 Å². The summed E-state index contributed by atoms with van der Waals surface area (Å²) in [4.78, 5) is 12.9. The van der Waals surface area contributed by atoms with Gasteiger partial charge >= 0.3 is 0 Å². The fourth-order valence-corrected chi connectivity index (χ4v) is 1.76. The molecule has 0 aliphatic carbocycles. The number of alkyl halides is 2. The molecule has 0 unspecified atom stereocenters. The molecule has 0 atom stereocenters. The van der Waals surface area contributed by atoms with E-state index >= 15 is 0 Å². The summed E-state index contributed by atoms with van der Waals surface area (Å²) in [7, 11) is 0. The fourth-order valence-electron chi connectivity index (χ4n) is 0.610. The van der Waals surface area contributed by atoms with E-state index in [0.29, 0.717) is 0 Å². The van der Waals surface area contributed by atoms with Gasteiger partial charge in [0.15, 0.2) is 0 Å². The van der Waals surface area contributed by atoms with Gasteiger partial charge in [-0.25, -0.2) is 13.6 Å². The standard InChI is InChI=1S/C6H2ClF2NOS/c7-4-3(5(8)9)1-12-6(4)10-2-11/h1,5H. The normalized spacial score (nSPS) is 10.0. The number of hydrogen-bond donors (Lipinski definition) is 0. The Hall–Kier alpha value is -0.770. The van der Waals surface area contributed by atoms with Crippen molar-refractivity contribution in [3.8, 4) is 0 Å². The minimum Gasteiger partial charge on any atom is -0.211 e. The molecule has 6 heteroatoms. The number of isocyanates is 1. The molecule has 1 heterocycles. The Morgan fingerprint density at radius 3 is 2.75 bits per heavy atom. The molecule has 1 rings (SSSR count). The fraction of sp³-hybridized carbons (Fsp3) is 0.167. The van der Waals surface area contributed by atoms with E-state index in [0.717, 1.165) is 11.3 Å². The zero-order valence-electron chi connectivity index (χ0n) is 5.55. The minimum atomic E-state index is -2.63. The van der Waals surface area contributed by atoms with Crippen molar-refractivity contribution in [1.29, 1.82) is 0 Å². The quantitative estimate of drug-likeness (QED) is 0.543. The van der Waals surface area contributed by atoms with Crippen LogP contribution in [-0.4, -0.2) is 6.08 Å². The second kappa shape index (κ2) is 3.76. The number of aliphatic imine (C=N–C) groups is 1. The van der Waals surface area contributed by atoms with Crippen LogP contribution in [0.1, 0.15) is 12.0 Å². The first-order valence-corrected chi connectivity index (χ1v) is 4.05. The van der Waals surface area contributed by atoms with Crippen molar-refractivity contribution in [2.24, 2.45) is 4.99 Å². The second-order valence-corrected chi connectivity index (χ2v) is 3.05. The highest BCUT2D eigenvalue weighted by atomic mass is 35.5. The van der Waals surface area contributed by atoms with Crippen LogP contribution in [0, 0.1) is 0 Å². The zero-order valence-corrected chi connectivity index (χ0v) is 7.12. The van der Waals surface area contributed by atoms with Crippen LogP contribution in [0.4, 0.5) is 13.8 Å². The average Bonchev–Trinajstić information content (AvgIpc) is 2.34. The van der Waals surface area contributed by atoms with Gasteiger partial charge in [-0.15, -0.1) is 11.3 Å². The summed E-state index contributed by atoms with van der Waals surface area (Å²) in [5.41, 5.74) is -0.296. The van der Waals surface area contributed by atoms with Gasteiger partial charge in [-0.2, -0.15) is 4.99 Å². The Kier molecular flexibility index (Phi) is 2.92. The molecule has 1 aromatic heterocycles. The predicted octanol–water partition coefficient (Wildman–Crippen LogP) is 3.31. The molecule has 1 aromatic rings. The van der Waals surface area contributed by atoms with E-state index in [4.69, 9.17) is 11.6 Å². The summed E-state index contributed by atoms with van der Waals surface area (Å²) in [6, 6.07) is 0. The van der Waals surface area contributed by atoms with Crippen LogP contribution < -0.4 is 0 Å². The van der Waals surface area contributed by atoms with Crippen molar-refractivity contribution in [1.82, 2.24) is 0 Å². The third-order valence-electron chi connectivity index (χ3n) is 1.12. The maximum atomic E-state index is 12.1. The van der Waals surface area contributed by atoms with Crippen LogP contribution in [-0.2, 0) is 4.79 Å². The van der Waals surface area contributed by atoms with Crippen LogP contribution in [0.25, 0.3) is 0 Å². The zero-order chi connectivity index (χ0) is 9.14. The molecule has 12 heavy (non-hydrogen) atoms. The second-order valence-electron chi connectivity index (χ2n) is 1.81. The number of hydrogen-bond acceptors (Lipinski definition) is 3. The lowest BCUT2D eigenvalue weighted by molar-refractivity contribution is 0.152. The number of rotatable bonds is 2. The Balaban J connectivity index is 3.12. The average molecular weight is 210 g/mol. The summed E-state index contributed by atoms with van der Waals surface area (Å²) in [6.07, 6.45) is -1.40. The lowest BCUT2D eigenvalue weighted by Crippen LogP contribution is -1.78. The van der Waals surface area contributed by atoms with Crippen molar-refractivity contribution >= 4 is 34.0 Å². The van der Waals surface area contributed by atoms with Gasteiger partial charge in [-0.1, -0.05) is 11.6 Å². The van der Waals surface area contributed by atoms with Crippen molar-refractivity contribution in [2.45, 2.75) is 6.43 Å². The largest absolute Gasteiger partial charge is 0.266 e. The molecule has 0 aromatic carbocycles. The molecule has 0 saturated carbocycles. The molecule has 0 aliphatic rings. The summed E-state index contributed by atoms with van der Waals surface area (Å²) in [6.45, 7) is 0. The first-order chi connectivity index (χ1) is 5.66. The number of nitrogens with zero attached hydrogens (tertiary/aromatic N) is 1. The summed E-state index contributed by atoms with van der Waals surface area (Å²) in [5, 5.41) is 1.07. The van der Waals surface area contributed by atoms with Gasteiger partial charge in [0, 0.05) is 10.9 Å². The van der Waals surface area contributed by atoms with E-state index in [1.54, 1.807) is 0 Å². The van der Waals surface area contributed by atoms with Crippen LogP contribution in [0.15, 0.2) is 10.4 Å². The highest BCUT2D eigenvalue weighted by Crippen LogP contribution is 2.39. The van der Waals surface area contributed by atoms with Crippen molar-refractivity contribution < 1.29 is 13.6 Å². The van der Waals surface area contributed by atoms with E-state index in [2.05, 4.69) is 4.99 Å². The molecule has 0 radical (unpaired) electrons. The molecular formula is C6H2ClF2NOS. The molecule has 0 amide bonds. The molecule has 0 spiro atoms.